The van der Waals surface area contributed by atoms with E-state index in [4.69, 9.17) is 35.0 Å². The largest absolute Gasteiger partial charge is 0.451 e. The van der Waals surface area contributed by atoms with Gasteiger partial charge in [0.05, 0.1) is 0 Å². The second kappa shape index (κ2) is 18.7. The lowest BCUT2D eigenvalue weighted by Gasteiger charge is -2.27. The third-order valence-corrected chi connectivity index (χ3v) is 3.55. The van der Waals surface area contributed by atoms with Crippen molar-refractivity contribution in [2.75, 3.05) is 19.6 Å². The molecule has 0 bridgehead atoms. The third kappa shape index (κ3) is 20.7. The SMILES string of the molecule is NC(CCCCB(O)O)CCN1CCCCC1.O=C=O.O=C=O. The summed E-state index contributed by atoms with van der Waals surface area (Å²) in [7, 11) is -1.15. The van der Waals surface area contributed by atoms with E-state index in [1.165, 1.54) is 32.4 Å². The summed E-state index contributed by atoms with van der Waals surface area (Å²) in [4.78, 5) is 35.0. The molecule has 132 valence electrons. The van der Waals surface area contributed by atoms with Crippen LogP contribution in [0.1, 0.15) is 44.9 Å². The maximum atomic E-state index is 8.71. The molecule has 4 N–H and O–H groups in total. The Hall–Kier alpha value is -1.34. The third-order valence-electron chi connectivity index (χ3n) is 3.55. The van der Waals surface area contributed by atoms with E-state index in [2.05, 4.69) is 4.90 Å². The summed E-state index contributed by atoms with van der Waals surface area (Å²) >= 11 is 0. The summed E-state index contributed by atoms with van der Waals surface area (Å²) in [5.41, 5.74) is 6.06. The van der Waals surface area contributed by atoms with E-state index in [0.717, 1.165) is 32.2 Å². The summed E-state index contributed by atoms with van der Waals surface area (Å²) in [6.45, 7) is 3.61. The number of likely N-dealkylation sites (tertiary alicyclic amines) is 1. The van der Waals surface area contributed by atoms with Crippen molar-refractivity contribution in [2.45, 2.75) is 57.3 Å². The standard InChI is InChI=1S/C12H27BN2O2.2CO2/c14-12(6-2-3-8-13(16)17)7-11-15-9-4-1-5-10-15;2*2-1-3/h12,16-17H,1-11,14H2;;. The summed E-state index contributed by atoms with van der Waals surface area (Å²) in [5.74, 6) is 0. The predicted molar refractivity (Wildman–Crippen MR) is 81.7 cm³/mol. The quantitative estimate of drug-likeness (QED) is 0.406. The first-order chi connectivity index (χ1) is 11.0. The molecule has 1 fully saturated rings. The van der Waals surface area contributed by atoms with Gasteiger partial charge in [-0.1, -0.05) is 19.3 Å². The molecule has 1 unspecified atom stereocenters. The highest BCUT2D eigenvalue weighted by molar-refractivity contribution is 6.40. The fraction of sp³-hybridized carbons (Fsp3) is 0.857. The van der Waals surface area contributed by atoms with Crippen LogP contribution in [-0.4, -0.2) is 60.0 Å². The van der Waals surface area contributed by atoms with E-state index in [-0.39, 0.29) is 18.3 Å². The predicted octanol–water partition coefficient (Wildman–Crippen LogP) is -0.334. The highest BCUT2D eigenvalue weighted by Crippen LogP contribution is 2.11. The molecule has 1 heterocycles. The summed E-state index contributed by atoms with van der Waals surface area (Å²) in [6, 6.07) is 0.271. The van der Waals surface area contributed by atoms with E-state index < -0.39 is 7.12 Å². The first-order valence-electron chi connectivity index (χ1n) is 7.84. The van der Waals surface area contributed by atoms with Crippen LogP contribution in [0.2, 0.25) is 6.32 Å². The molecular weight excluding hydrogens is 303 g/mol. The van der Waals surface area contributed by atoms with Crippen molar-refractivity contribution in [1.82, 2.24) is 4.90 Å². The first-order valence-corrected chi connectivity index (χ1v) is 7.84. The van der Waals surface area contributed by atoms with Crippen LogP contribution in [0.4, 0.5) is 0 Å². The minimum atomic E-state index is -1.15. The van der Waals surface area contributed by atoms with Crippen molar-refractivity contribution >= 4 is 19.4 Å². The van der Waals surface area contributed by atoms with Crippen LogP contribution >= 0.6 is 0 Å². The monoisotopic (exact) mass is 330 g/mol. The lowest BCUT2D eigenvalue weighted by atomic mass is 9.83. The Morgan fingerprint density at radius 2 is 1.48 bits per heavy atom. The van der Waals surface area contributed by atoms with Crippen LogP contribution in [0, 0.1) is 0 Å². The molecule has 1 rings (SSSR count). The molecule has 8 nitrogen and oxygen atoms in total. The summed E-state index contributed by atoms with van der Waals surface area (Å²) in [5, 5.41) is 17.4. The fourth-order valence-corrected chi connectivity index (χ4v) is 2.41. The molecule has 9 heteroatoms. The van der Waals surface area contributed by atoms with Crippen molar-refractivity contribution in [3.63, 3.8) is 0 Å². The number of carbonyl (C=O) groups excluding carboxylic acids is 4. The van der Waals surface area contributed by atoms with Crippen LogP contribution in [0.25, 0.3) is 0 Å². The van der Waals surface area contributed by atoms with Crippen LogP contribution in [-0.2, 0) is 19.2 Å². The molecule has 0 aromatic heterocycles. The lowest BCUT2D eigenvalue weighted by Crippen LogP contribution is -2.34. The molecular formula is C14H27BN2O6. The van der Waals surface area contributed by atoms with Crippen molar-refractivity contribution in [3.8, 4) is 0 Å². The second-order valence-corrected chi connectivity index (χ2v) is 5.38. The zero-order valence-corrected chi connectivity index (χ0v) is 13.5. The Kier molecular flexibility index (Phi) is 19.5. The van der Waals surface area contributed by atoms with Gasteiger partial charge in [0.15, 0.2) is 0 Å². The normalized spacial score (nSPS) is 14.9. The van der Waals surface area contributed by atoms with E-state index in [1.54, 1.807) is 0 Å². The van der Waals surface area contributed by atoms with Gasteiger partial charge in [-0.05, 0) is 51.6 Å². The second-order valence-electron chi connectivity index (χ2n) is 5.38. The average molecular weight is 330 g/mol. The number of hydrogen-bond donors (Lipinski definition) is 3. The fourth-order valence-electron chi connectivity index (χ4n) is 2.41. The molecule has 0 spiro atoms. The Balaban J connectivity index is 0. The van der Waals surface area contributed by atoms with Gasteiger partial charge in [-0.25, -0.2) is 0 Å². The van der Waals surface area contributed by atoms with Crippen LogP contribution < -0.4 is 5.73 Å². The zero-order valence-electron chi connectivity index (χ0n) is 13.5. The molecule has 1 aliphatic rings. The lowest BCUT2D eigenvalue weighted by molar-refractivity contribution is -0.193. The van der Waals surface area contributed by atoms with E-state index in [0.29, 0.717) is 6.32 Å². The number of nitrogens with zero attached hydrogens (tertiary/aromatic N) is 1. The molecule has 1 atom stereocenters. The highest BCUT2D eigenvalue weighted by atomic mass is 16.4. The van der Waals surface area contributed by atoms with Gasteiger partial charge in [0.1, 0.15) is 0 Å². The minimum Gasteiger partial charge on any atom is -0.427 e. The van der Waals surface area contributed by atoms with Gasteiger partial charge in [-0.3, -0.25) is 0 Å². The van der Waals surface area contributed by atoms with Crippen molar-refractivity contribution in [3.05, 3.63) is 0 Å². The van der Waals surface area contributed by atoms with Gasteiger partial charge in [0.2, 0.25) is 0 Å². The van der Waals surface area contributed by atoms with Gasteiger partial charge in [0.25, 0.3) is 0 Å². The topological polar surface area (TPSA) is 138 Å². The van der Waals surface area contributed by atoms with E-state index >= 15 is 0 Å². The maximum Gasteiger partial charge on any atom is 0.451 e. The molecule has 1 saturated heterocycles. The first kappa shape index (κ1) is 23.9. The maximum absolute atomic E-state index is 8.71. The van der Waals surface area contributed by atoms with Gasteiger partial charge < -0.3 is 20.7 Å². The van der Waals surface area contributed by atoms with Crippen LogP contribution in [0.5, 0.6) is 0 Å². The number of hydrogen-bond acceptors (Lipinski definition) is 8. The van der Waals surface area contributed by atoms with Crippen molar-refractivity contribution < 1.29 is 29.2 Å². The average Bonchev–Trinajstić information content (AvgIpc) is 2.52. The Bertz CT molecular complexity index is 313. The Morgan fingerprint density at radius 3 is 1.96 bits per heavy atom. The molecule has 0 aliphatic carbocycles. The highest BCUT2D eigenvalue weighted by Gasteiger charge is 2.12. The molecule has 0 aromatic rings. The zero-order chi connectivity index (χ0) is 17.9. The van der Waals surface area contributed by atoms with Crippen molar-refractivity contribution in [2.24, 2.45) is 5.73 Å². The molecule has 1 aliphatic heterocycles. The molecule has 0 saturated carbocycles. The summed E-state index contributed by atoms with van der Waals surface area (Å²) < 4.78 is 0. The van der Waals surface area contributed by atoms with Gasteiger partial charge in [-0.2, -0.15) is 19.2 Å². The number of piperidine rings is 1. The van der Waals surface area contributed by atoms with Gasteiger partial charge in [-0.15, -0.1) is 0 Å². The van der Waals surface area contributed by atoms with Crippen molar-refractivity contribution in [1.29, 1.82) is 0 Å². The van der Waals surface area contributed by atoms with E-state index in [1.807, 2.05) is 0 Å². The van der Waals surface area contributed by atoms with Gasteiger partial charge in [0, 0.05) is 6.04 Å². The van der Waals surface area contributed by atoms with Crippen LogP contribution in [0.15, 0.2) is 0 Å². The van der Waals surface area contributed by atoms with Gasteiger partial charge >= 0.3 is 19.4 Å². The Morgan fingerprint density at radius 1 is 0.957 bits per heavy atom. The molecule has 0 radical (unpaired) electrons. The van der Waals surface area contributed by atoms with Crippen LogP contribution in [0.3, 0.4) is 0 Å². The number of nitrogens with two attached hydrogens (primary N) is 1. The Labute approximate surface area is 137 Å². The van der Waals surface area contributed by atoms with E-state index in [9.17, 15) is 0 Å². The minimum absolute atomic E-state index is 0.250. The number of rotatable bonds is 8. The molecule has 0 aromatic carbocycles. The number of unbranched alkanes of at least 4 members (excludes halogenated alkanes) is 1. The molecule has 23 heavy (non-hydrogen) atoms. The summed E-state index contributed by atoms with van der Waals surface area (Å²) in [6.07, 6.45) is 8.95. The molecule has 0 amide bonds. The smallest absolute Gasteiger partial charge is 0.427 e.